The number of fused-ring (bicyclic) bond motifs is 3. The summed E-state index contributed by atoms with van der Waals surface area (Å²) in [5.74, 6) is 0. The largest absolute Gasteiger partial charge is 0.377 e. The average Bonchev–Trinajstić information content (AvgIpc) is 1.86. The van der Waals surface area contributed by atoms with Crippen molar-refractivity contribution in [1.29, 1.82) is 0 Å². The molecule has 2 bridgehead atoms. The smallest absolute Gasteiger partial charge is 0.120 e. The fourth-order valence-electron chi connectivity index (χ4n) is 1.99. The molecule has 0 aromatic rings. The zero-order valence-corrected chi connectivity index (χ0v) is 6.32. The third-order valence-electron chi connectivity index (χ3n) is 2.57. The standard InChI is InChI=1S/C7H14N2O/c1-6-4-8-2-3-9(6)7(10)5-8/h6-7,10H,2-5H2,1H3. The summed E-state index contributed by atoms with van der Waals surface area (Å²) in [5, 5.41) is 9.45. The van der Waals surface area contributed by atoms with Crippen molar-refractivity contribution >= 4 is 0 Å². The van der Waals surface area contributed by atoms with E-state index < -0.39 is 0 Å². The maximum absolute atomic E-state index is 9.45. The molecule has 58 valence electrons. The lowest BCUT2D eigenvalue weighted by molar-refractivity contribution is -0.120. The van der Waals surface area contributed by atoms with Gasteiger partial charge in [-0.15, -0.1) is 0 Å². The molecule has 3 heterocycles. The summed E-state index contributed by atoms with van der Waals surface area (Å²) in [6.45, 7) is 6.35. The van der Waals surface area contributed by atoms with E-state index in [-0.39, 0.29) is 6.23 Å². The first-order valence-electron chi connectivity index (χ1n) is 3.93. The normalized spacial score (nSPS) is 53.4. The van der Waals surface area contributed by atoms with Crippen LogP contribution in [0.1, 0.15) is 6.92 Å². The minimum Gasteiger partial charge on any atom is -0.377 e. The van der Waals surface area contributed by atoms with Crippen LogP contribution in [0.2, 0.25) is 0 Å². The summed E-state index contributed by atoms with van der Waals surface area (Å²) in [5.41, 5.74) is 0. The van der Waals surface area contributed by atoms with Gasteiger partial charge in [-0.1, -0.05) is 0 Å². The van der Waals surface area contributed by atoms with Gasteiger partial charge in [0.05, 0.1) is 0 Å². The van der Waals surface area contributed by atoms with Gasteiger partial charge in [0.1, 0.15) is 6.23 Å². The summed E-state index contributed by atoms with van der Waals surface area (Å²) in [6.07, 6.45) is -0.197. The average molecular weight is 142 g/mol. The van der Waals surface area contributed by atoms with E-state index in [4.69, 9.17) is 0 Å². The molecule has 3 heteroatoms. The second kappa shape index (κ2) is 2.19. The van der Waals surface area contributed by atoms with Gasteiger partial charge in [0, 0.05) is 32.2 Å². The maximum atomic E-state index is 9.45. The van der Waals surface area contributed by atoms with Gasteiger partial charge in [-0.3, -0.25) is 9.80 Å². The Hall–Kier alpha value is -0.120. The SMILES string of the molecule is CC1CN2CCN1C(O)C2. The van der Waals surface area contributed by atoms with Crippen molar-refractivity contribution < 1.29 is 5.11 Å². The van der Waals surface area contributed by atoms with E-state index >= 15 is 0 Å². The Kier molecular flexibility index (Phi) is 1.44. The fourth-order valence-corrected chi connectivity index (χ4v) is 1.99. The molecule has 3 aliphatic heterocycles. The van der Waals surface area contributed by atoms with Crippen molar-refractivity contribution in [3.63, 3.8) is 0 Å². The van der Waals surface area contributed by atoms with Gasteiger partial charge in [-0.2, -0.15) is 0 Å². The molecular weight excluding hydrogens is 128 g/mol. The van der Waals surface area contributed by atoms with Crippen molar-refractivity contribution in [1.82, 2.24) is 9.80 Å². The lowest BCUT2D eigenvalue weighted by atomic mass is 10.1. The van der Waals surface area contributed by atoms with Crippen LogP contribution in [-0.4, -0.2) is 53.4 Å². The molecule has 0 aromatic heterocycles. The van der Waals surface area contributed by atoms with Crippen LogP contribution in [0.15, 0.2) is 0 Å². The van der Waals surface area contributed by atoms with Gasteiger partial charge >= 0.3 is 0 Å². The molecule has 3 saturated heterocycles. The molecular formula is C7H14N2O. The lowest BCUT2D eigenvalue weighted by Gasteiger charge is -2.49. The molecule has 0 radical (unpaired) electrons. The van der Waals surface area contributed by atoms with Gasteiger partial charge < -0.3 is 5.11 Å². The highest BCUT2D eigenvalue weighted by atomic mass is 16.3. The predicted octanol–water partition coefficient (Wildman–Crippen LogP) is -0.676. The van der Waals surface area contributed by atoms with Gasteiger partial charge in [0.25, 0.3) is 0 Å². The highest BCUT2D eigenvalue weighted by Gasteiger charge is 2.34. The molecule has 4 atom stereocenters. The van der Waals surface area contributed by atoms with E-state index in [0.717, 1.165) is 26.2 Å². The molecule has 0 aliphatic carbocycles. The van der Waals surface area contributed by atoms with E-state index in [1.807, 2.05) is 0 Å². The first-order valence-corrected chi connectivity index (χ1v) is 3.93. The number of aliphatic hydroxyl groups excluding tert-OH is 1. The van der Waals surface area contributed by atoms with Gasteiger partial charge in [0.2, 0.25) is 0 Å². The van der Waals surface area contributed by atoms with Crippen molar-refractivity contribution in [3.8, 4) is 0 Å². The Morgan fingerprint density at radius 3 is 2.50 bits per heavy atom. The molecule has 10 heavy (non-hydrogen) atoms. The zero-order chi connectivity index (χ0) is 7.14. The third-order valence-corrected chi connectivity index (χ3v) is 2.57. The molecule has 4 unspecified atom stereocenters. The van der Waals surface area contributed by atoms with Gasteiger partial charge in [0.15, 0.2) is 0 Å². The fraction of sp³-hybridized carbons (Fsp3) is 1.00. The number of piperazine rings is 3. The Bertz CT molecular complexity index is 128. The highest BCUT2D eigenvalue weighted by Crippen LogP contribution is 2.18. The molecule has 3 rings (SSSR count). The summed E-state index contributed by atoms with van der Waals surface area (Å²) in [6, 6.07) is 0.553. The maximum Gasteiger partial charge on any atom is 0.120 e. The van der Waals surface area contributed by atoms with Crippen LogP contribution in [0.25, 0.3) is 0 Å². The molecule has 3 aliphatic rings. The van der Waals surface area contributed by atoms with Crippen LogP contribution >= 0.6 is 0 Å². The molecule has 3 fully saturated rings. The van der Waals surface area contributed by atoms with Crippen molar-refractivity contribution in [3.05, 3.63) is 0 Å². The third kappa shape index (κ3) is 0.856. The summed E-state index contributed by atoms with van der Waals surface area (Å²) in [7, 11) is 0. The quantitative estimate of drug-likeness (QED) is 0.485. The Morgan fingerprint density at radius 1 is 1.30 bits per heavy atom. The summed E-state index contributed by atoms with van der Waals surface area (Å²) in [4.78, 5) is 4.51. The second-order valence-corrected chi connectivity index (χ2v) is 3.33. The minimum atomic E-state index is -0.197. The number of nitrogens with zero attached hydrogens (tertiary/aromatic N) is 2. The minimum absolute atomic E-state index is 0.197. The van der Waals surface area contributed by atoms with E-state index in [1.54, 1.807) is 0 Å². The molecule has 0 amide bonds. The molecule has 1 N–H and O–H groups in total. The topological polar surface area (TPSA) is 26.7 Å². The monoisotopic (exact) mass is 142 g/mol. The van der Waals surface area contributed by atoms with Crippen LogP contribution in [0.3, 0.4) is 0 Å². The van der Waals surface area contributed by atoms with E-state index in [2.05, 4.69) is 16.7 Å². The van der Waals surface area contributed by atoms with Crippen LogP contribution < -0.4 is 0 Å². The lowest BCUT2D eigenvalue weighted by Crippen LogP contribution is -2.64. The van der Waals surface area contributed by atoms with Crippen molar-refractivity contribution in [2.75, 3.05) is 26.2 Å². The van der Waals surface area contributed by atoms with E-state index in [9.17, 15) is 5.11 Å². The van der Waals surface area contributed by atoms with Crippen molar-refractivity contribution in [2.45, 2.75) is 19.2 Å². The van der Waals surface area contributed by atoms with Gasteiger partial charge in [-0.05, 0) is 6.92 Å². The number of aliphatic hydroxyl groups is 1. The first-order chi connectivity index (χ1) is 4.77. The molecule has 0 aromatic carbocycles. The highest BCUT2D eigenvalue weighted by molar-refractivity contribution is 4.87. The predicted molar refractivity (Wildman–Crippen MR) is 38.6 cm³/mol. The second-order valence-electron chi connectivity index (χ2n) is 3.33. The zero-order valence-electron chi connectivity index (χ0n) is 6.32. The van der Waals surface area contributed by atoms with Crippen molar-refractivity contribution in [2.24, 2.45) is 0 Å². The van der Waals surface area contributed by atoms with Crippen LogP contribution in [-0.2, 0) is 0 Å². The summed E-state index contributed by atoms with van der Waals surface area (Å²) >= 11 is 0. The Morgan fingerprint density at radius 2 is 2.10 bits per heavy atom. The number of hydrogen-bond acceptors (Lipinski definition) is 3. The van der Waals surface area contributed by atoms with Gasteiger partial charge in [-0.25, -0.2) is 0 Å². The number of rotatable bonds is 0. The Labute approximate surface area is 61.2 Å². The van der Waals surface area contributed by atoms with Crippen LogP contribution in [0.5, 0.6) is 0 Å². The van der Waals surface area contributed by atoms with E-state index in [1.165, 1.54) is 0 Å². The first kappa shape index (κ1) is 6.58. The number of hydrogen-bond donors (Lipinski definition) is 1. The van der Waals surface area contributed by atoms with Crippen LogP contribution in [0.4, 0.5) is 0 Å². The van der Waals surface area contributed by atoms with E-state index in [0.29, 0.717) is 6.04 Å². The van der Waals surface area contributed by atoms with Crippen LogP contribution in [0, 0.1) is 0 Å². The molecule has 3 nitrogen and oxygen atoms in total. The molecule has 0 spiro atoms. The molecule has 0 saturated carbocycles. The Balaban J connectivity index is 2.11. The summed E-state index contributed by atoms with van der Waals surface area (Å²) < 4.78 is 0.